The van der Waals surface area contributed by atoms with Crippen LogP contribution in [0.5, 0.6) is 0 Å². The maximum Gasteiger partial charge on any atom is 0.306 e. The molecule has 0 unspecified atom stereocenters. The zero-order valence-corrected chi connectivity index (χ0v) is 8.82. The normalized spacial score (nSPS) is 12.9. The Morgan fingerprint density at radius 1 is 1.44 bits per heavy atom. The molecular formula is C12H12F2O2. The number of benzene rings is 1. The zero-order chi connectivity index (χ0) is 12.2. The third-order valence-corrected chi connectivity index (χ3v) is 2.01. The van der Waals surface area contributed by atoms with Gasteiger partial charge in [0, 0.05) is 6.92 Å². The molecule has 16 heavy (non-hydrogen) atoms. The van der Waals surface area contributed by atoms with Crippen LogP contribution in [0.3, 0.4) is 0 Å². The molecule has 0 aromatic heterocycles. The SMILES string of the molecule is C=CC(F)(F)[C@H](OC(C)=O)c1ccccc1. The molecule has 0 radical (unpaired) electrons. The van der Waals surface area contributed by atoms with Crippen LogP contribution < -0.4 is 0 Å². The van der Waals surface area contributed by atoms with Crippen molar-refractivity contribution in [2.24, 2.45) is 0 Å². The van der Waals surface area contributed by atoms with Gasteiger partial charge in [0.15, 0.2) is 6.10 Å². The van der Waals surface area contributed by atoms with E-state index in [4.69, 9.17) is 0 Å². The van der Waals surface area contributed by atoms with E-state index in [0.29, 0.717) is 6.08 Å². The zero-order valence-electron chi connectivity index (χ0n) is 8.82. The summed E-state index contributed by atoms with van der Waals surface area (Å²) in [5.41, 5.74) is 0.239. The molecule has 0 spiro atoms. The molecule has 86 valence electrons. The van der Waals surface area contributed by atoms with Crippen molar-refractivity contribution in [1.29, 1.82) is 0 Å². The summed E-state index contributed by atoms with van der Waals surface area (Å²) in [5, 5.41) is 0. The van der Waals surface area contributed by atoms with Crippen LogP contribution in [-0.2, 0) is 9.53 Å². The van der Waals surface area contributed by atoms with E-state index in [2.05, 4.69) is 11.3 Å². The van der Waals surface area contributed by atoms with Gasteiger partial charge in [0.1, 0.15) is 0 Å². The molecule has 0 aliphatic rings. The molecule has 0 heterocycles. The first-order chi connectivity index (χ1) is 7.47. The minimum absolute atomic E-state index is 0.239. The predicted molar refractivity (Wildman–Crippen MR) is 56.1 cm³/mol. The van der Waals surface area contributed by atoms with Gasteiger partial charge < -0.3 is 4.74 Å². The Morgan fingerprint density at radius 2 is 2.00 bits per heavy atom. The Bertz CT molecular complexity index is 374. The van der Waals surface area contributed by atoms with Crippen LogP contribution in [0.4, 0.5) is 8.78 Å². The van der Waals surface area contributed by atoms with Gasteiger partial charge in [0.2, 0.25) is 0 Å². The van der Waals surface area contributed by atoms with E-state index in [1.165, 1.54) is 12.1 Å². The number of rotatable bonds is 4. The summed E-state index contributed by atoms with van der Waals surface area (Å²) in [5.74, 6) is -4.04. The molecule has 0 amide bonds. The average molecular weight is 226 g/mol. The Hall–Kier alpha value is -1.71. The van der Waals surface area contributed by atoms with Gasteiger partial charge in [0.25, 0.3) is 0 Å². The number of ether oxygens (including phenoxy) is 1. The Labute approximate surface area is 92.5 Å². The van der Waals surface area contributed by atoms with E-state index in [-0.39, 0.29) is 5.56 Å². The lowest BCUT2D eigenvalue weighted by molar-refractivity contribution is -0.164. The van der Waals surface area contributed by atoms with Crippen molar-refractivity contribution in [2.45, 2.75) is 19.0 Å². The summed E-state index contributed by atoms with van der Waals surface area (Å²) < 4.78 is 31.6. The largest absolute Gasteiger partial charge is 0.451 e. The average Bonchev–Trinajstić information content (AvgIpc) is 2.27. The first kappa shape index (κ1) is 12.4. The van der Waals surface area contributed by atoms with E-state index in [1.807, 2.05) is 0 Å². The van der Waals surface area contributed by atoms with Crippen LogP contribution >= 0.6 is 0 Å². The number of alkyl halides is 2. The monoisotopic (exact) mass is 226 g/mol. The van der Waals surface area contributed by atoms with Gasteiger partial charge >= 0.3 is 11.9 Å². The highest BCUT2D eigenvalue weighted by Gasteiger charge is 2.40. The van der Waals surface area contributed by atoms with Gasteiger partial charge in [-0.05, 0) is 11.6 Å². The molecule has 0 aliphatic heterocycles. The van der Waals surface area contributed by atoms with E-state index < -0.39 is 18.0 Å². The molecule has 0 saturated heterocycles. The summed E-state index contributed by atoms with van der Waals surface area (Å²) in [6.07, 6.45) is -1.14. The fraction of sp³-hybridized carbons (Fsp3) is 0.250. The van der Waals surface area contributed by atoms with Gasteiger partial charge in [-0.15, -0.1) is 0 Å². The molecule has 0 bridgehead atoms. The van der Waals surface area contributed by atoms with Crippen molar-refractivity contribution < 1.29 is 18.3 Å². The minimum Gasteiger partial charge on any atom is -0.451 e. The lowest BCUT2D eigenvalue weighted by Crippen LogP contribution is -2.27. The molecule has 1 aromatic rings. The van der Waals surface area contributed by atoms with E-state index in [0.717, 1.165) is 6.92 Å². The number of esters is 1. The molecule has 1 atom stereocenters. The van der Waals surface area contributed by atoms with Crippen molar-refractivity contribution in [3.05, 3.63) is 48.6 Å². The van der Waals surface area contributed by atoms with Gasteiger partial charge in [-0.1, -0.05) is 36.9 Å². The van der Waals surface area contributed by atoms with Crippen LogP contribution in [0.1, 0.15) is 18.6 Å². The molecule has 0 saturated carbocycles. The minimum atomic E-state index is -3.28. The van der Waals surface area contributed by atoms with Crippen molar-refractivity contribution in [3.63, 3.8) is 0 Å². The molecule has 2 nitrogen and oxygen atoms in total. The molecule has 1 aromatic carbocycles. The number of halogens is 2. The Balaban J connectivity index is 3.06. The summed E-state index contributed by atoms with van der Waals surface area (Å²) in [6.45, 7) is 4.14. The lowest BCUT2D eigenvalue weighted by atomic mass is 10.0. The number of carbonyl (C=O) groups is 1. The van der Waals surface area contributed by atoms with E-state index >= 15 is 0 Å². The lowest BCUT2D eigenvalue weighted by Gasteiger charge is -2.23. The second-order valence-electron chi connectivity index (χ2n) is 3.28. The molecule has 4 heteroatoms. The topological polar surface area (TPSA) is 26.3 Å². The van der Waals surface area contributed by atoms with Gasteiger partial charge in [-0.3, -0.25) is 4.79 Å². The maximum atomic E-state index is 13.5. The van der Waals surface area contributed by atoms with Crippen LogP contribution in [0, 0.1) is 0 Å². The fourth-order valence-electron chi connectivity index (χ4n) is 1.27. The summed E-state index contributed by atoms with van der Waals surface area (Å²) in [4.78, 5) is 10.8. The highest BCUT2D eigenvalue weighted by molar-refractivity contribution is 5.66. The van der Waals surface area contributed by atoms with E-state index in [9.17, 15) is 13.6 Å². The van der Waals surface area contributed by atoms with Crippen LogP contribution in [0.25, 0.3) is 0 Å². The predicted octanol–water partition coefficient (Wildman–Crippen LogP) is 3.11. The fourth-order valence-corrected chi connectivity index (χ4v) is 1.27. The van der Waals surface area contributed by atoms with Gasteiger partial charge in [-0.2, -0.15) is 8.78 Å². The van der Waals surface area contributed by atoms with Gasteiger partial charge in [-0.25, -0.2) is 0 Å². The summed E-state index contributed by atoms with van der Waals surface area (Å²) in [7, 11) is 0. The molecule has 0 aliphatic carbocycles. The molecular weight excluding hydrogens is 214 g/mol. The van der Waals surface area contributed by atoms with Crippen LogP contribution in [0.15, 0.2) is 43.0 Å². The third-order valence-electron chi connectivity index (χ3n) is 2.01. The number of hydrogen-bond acceptors (Lipinski definition) is 2. The number of carbonyl (C=O) groups excluding carboxylic acids is 1. The second kappa shape index (κ2) is 4.88. The van der Waals surface area contributed by atoms with Crippen molar-refractivity contribution in [2.75, 3.05) is 0 Å². The highest BCUT2D eigenvalue weighted by Crippen LogP contribution is 2.35. The van der Waals surface area contributed by atoms with Crippen molar-refractivity contribution in [3.8, 4) is 0 Å². The molecule has 1 rings (SSSR count). The molecule has 0 fully saturated rings. The maximum absolute atomic E-state index is 13.5. The first-order valence-electron chi connectivity index (χ1n) is 4.71. The van der Waals surface area contributed by atoms with Crippen molar-refractivity contribution >= 4 is 5.97 Å². The third kappa shape index (κ3) is 2.89. The second-order valence-corrected chi connectivity index (χ2v) is 3.28. The molecule has 0 N–H and O–H groups in total. The Kier molecular flexibility index (Phi) is 3.77. The summed E-state index contributed by atoms with van der Waals surface area (Å²) >= 11 is 0. The Morgan fingerprint density at radius 3 is 2.44 bits per heavy atom. The van der Waals surface area contributed by atoms with Crippen molar-refractivity contribution in [1.82, 2.24) is 0 Å². The summed E-state index contributed by atoms with van der Waals surface area (Å²) in [6, 6.07) is 7.85. The number of hydrogen-bond donors (Lipinski definition) is 0. The van der Waals surface area contributed by atoms with Gasteiger partial charge in [0.05, 0.1) is 0 Å². The standard InChI is InChI=1S/C12H12F2O2/c1-3-12(13,14)11(16-9(2)15)10-7-5-4-6-8-10/h3-8,11H,1H2,2H3/t11-/m1/s1. The quantitative estimate of drug-likeness (QED) is 0.582. The van der Waals surface area contributed by atoms with E-state index in [1.54, 1.807) is 18.2 Å². The van der Waals surface area contributed by atoms with Crippen LogP contribution in [0.2, 0.25) is 0 Å². The highest BCUT2D eigenvalue weighted by atomic mass is 19.3. The smallest absolute Gasteiger partial charge is 0.306 e. The first-order valence-corrected chi connectivity index (χ1v) is 4.71. The van der Waals surface area contributed by atoms with Crippen LogP contribution in [-0.4, -0.2) is 11.9 Å².